The predicted octanol–water partition coefficient (Wildman–Crippen LogP) is 2.86. The SMILES string of the molecule is COc1ccc2c(c1)c(=O)n(CC1CCC(C(=O)Cc3ccc(F)nc3)CC1)c(=O)n2C. The van der Waals surface area contributed by atoms with Gasteiger partial charge in [0, 0.05) is 32.1 Å². The maximum absolute atomic E-state index is 13.1. The number of fused-ring (bicyclic) bond motifs is 1. The number of hydrogen-bond acceptors (Lipinski definition) is 5. The number of ether oxygens (including phenoxy) is 1. The predicted molar refractivity (Wildman–Crippen MR) is 118 cm³/mol. The first-order chi connectivity index (χ1) is 15.4. The van der Waals surface area contributed by atoms with Crippen LogP contribution < -0.4 is 16.0 Å². The van der Waals surface area contributed by atoms with Gasteiger partial charge >= 0.3 is 5.69 Å². The molecule has 4 rings (SSSR count). The number of rotatable bonds is 6. The van der Waals surface area contributed by atoms with Gasteiger partial charge in [-0.3, -0.25) is 18.7 Å². The topological polar surface area (TPSA) is 83.2 Å². The summed E-state index contributed by atoms with van der Waals surface area (Å²) in [4.78, 5) is 42.1. The Morgan fingerprint density at radius 1 is 1.16 bits per heavy atom. The van der Waals surface area contributed by atoms with Crippen molar-refractivity contribution in [1.29, 1.82) is 0 Å². The molecule has 7 nitrogen and oxygen atoms in total. The number of pyridine rings is 1. The van der Waals surface area contributed by atoms with Gasteiger partial charge in [-0.1, -0.05) is 6.07 Å². The number of halogens is 1. The van der Waals surface area contributed by atoms with Crippen LogP contribution >= 0.6 is 0 Å². The van der Waals surface area contributed by atoms with Crippen LogP contribution in [0.15, 0.2) is 46.1 Å². The van der Waals surface area contributed by atoms with Gasteiger partial charge in [-0.25, -0.2) is 9.78 Å². The molecular formula is C24H26FN3O4. The van der Waals surface area contributed by atoms with Gasteiger partial charge in [-0.15, -0.1) is 0 Å². The Labute approximate surface area is 184 Å². The first-order valence-electron chi connectivity index (χ1n) is 10.8. The maximum atomic E-state index is 13.1. The second kappa shape index (κ2) is 9.06. The molecule has 3 aromatic rings. The lowest BCUT2D eigenvalue weighted by Gasteiger charge is -2.28. The summed E-state index contributed by atoms with van der Waals surface area (Å²) in [5.74, 6) is 0.227. The van der Waals surface area contributed by atoms with Crippen LogP contribution in [0.2, 0.25) is 0 Å². The van der Waals surface area contributed by atoms with E-state index >= 15 is 0 Å². The molecule has 1 saturated carbocycles. The highest BCUT2D eigenvalue weighted by Crippen LogP contribution is 2.31. The molecule has 2 heterocycles. The molecule has 0 bridgehead atoms. The highest BCUT2D eigenvalue weighted by atomic mass is 19.1. The Hall–Kier alpha value is -3.29. The van der Waals surface area contributed by atoms with E-state index in [1.807, 2.05) is 0 Å². The monoisotopic (exact) mass is 439 g/mol. The van der Waals surface area contributed by atoms with Crippen LogP contribution in [-0.2, 0) is 24.8 Å². The maximum Gasteiger partial charge on any atom is 0.331 e. The van der Waals surface area contributed by atoms with Gasteiger partial charge in [0.15, 0.2) is 0 Å². The normalized spacial score (nSPS) is 18.6. The summed E-state index contributed by atoms with van der Waals surface area (Å²) in [5, 5.41) is 0.447. The van der Waals surface area contributed by atoms with Crippen LogP contribution in [0.1, 0.15) is 31.2 Å². The number of methoxy groups -OCH3 is 1. The smallest absolute Gasteiger partial charge is 0.331 e. The molecule has 0 atom stereocenters. The number of carbonyl (C=O) groups is 1. The first kappa shape index (κ1) is 21.9. The van der Waals surface area contributed by atoms with E-state index in [2.05, 4.69) is 4.98 Å². The Balaban J connectivity index is 1.46. The van der Waals surface area contributed by atoms with Crippen LogP contribution in [-0.4, -0.2) is 27.0 Å². The third-order valence-electron chi connectivity index (χ3n) is 6.47. The third-order valence-corrected chi connectivity index (χ3v) is 6.47. The molecule has 32 heavy (non-hydrogen) atoms. The van der Waals surface area contributed by atoms with E-state index in [-0.39, 0.29) is 35.3 Å². The van der Waals surface area contributed by atoms with Crippen molar-refractivity contribution in [2.45, 2.75) is 38.6 Å². The van der Waals surface area contributed by atoms with Crippen molar-refractivity contribution < 1.29 is 13.9 Å². The second-order valence-corrected chi connectivity index (χ2v) is 8.49. The number of nitrogens with zero attached hydrogens (tertiary/aromatic N) is 3. The molecular weight excluding hydrogens is 413 g/mol. The van der Waals surface area contributed by atoms with Gasteiger partial charge in [-0.2, -0.15) is 4.39 Å². The Morgan fingerprint density at radius 3 is 2.56 bits per heavy atom. The fourth-order valence-electron chi connectivity index (χ4n) is 4.57. The average Bonchev–Trinajstić information content (AvgIpc) is 2.81. The molecule has 1 aromatic carbocycles. The standard InChI is InChI=1S/C24H26FN3O4/c1-27-20-9-8-18(32-2)12-19(20)23(30)28(24(27)31)14-15-3-6-17(7-4-15)21(29)11-16-5-10-22(25)26-13-16/h5,8-10,12-13,15,17H,3-4,6-7,11,14H2,1-2H3. The Kier molecular flexibility index (Phi) is 6.21. The van der Waals surface area contributed by atoms with E-state index in [9.17, 15) is 18.8 Å². The lowest BCUT2D eigenvalue weighted by molar-refractivity contribution is -0.123. The molecule has 1 fully saturated rings. The lowest BCUT2D eigenvalue weighted by Crippen LogP contribution is -2.41. The molecule has 0 saturated heterocycles. The van der Waals surface area contributed by atoms with Gasteiger partial charge in [0.1, 0.15) is 11.5 Å². The molecule has 0 unspecified atom stereocenters. The van der Waals surface area contributed by atoms with Crippen LogP contribution in [0.5, 0.6) is 5.75 Å². The number of ketones is 1. The molecule has 8 heteroatoms. The first-order valence-corrected chi connectivity index (χ1v) is 10.8. The van der Waals surface area contributed by atoms with E-state index in [0.29, 0.717) is 41.6 Å². The summed E-state index contributed by atoms with van der Waals surface area (Å²) in [5.41, 5.74) is 0.625. The fraction of sp³-hybridized carbons (Fsp3) is 0.417. The summed E-state index contributed by atoms with van der Waals surface area (Å²) in [6.45, 7) is 0.335. The van der Waals surface area contributed by atoms with Crippen molar-refractivity contribution in [2.24, 2.45) is 18.9 Å². The Bertz CT molecular complexity index is 1260. The molecule has 1 aliphatic carbocycles. The largest absolute Gasteiger partial charge is 0.497 e. The molecule has 0 aliphatic heterocycles. The number of aryl methyl sites for hydroxylation is 1. The summed E-state index contributed by atoms with van der Waals surface area (Å²) in [7, 11) is 3.20. The number of carbonyl (C=O) groups excluding carboxylic acids is 1. The molecule has 0 amide bonds. The summed E-state index contributed by atoms with van der Waals surface area (Å²) in [6, 6.07) is 7.95. The van der Waals surface area contributed by atoms with Crippen LogP contribution in [0, 0.1) is 17.8 Å². The third kappa shape index (κ3) is 4.35. The van der Waals surface area contributed by atoms with E-state index in [1.54, 1.807) is 31.3 Å². The minimum Gasteiger partial charge on any atom is -0.497 e. The quantitative estimate of drug-likeness (QED) is 0.552. The second-order valence-electron chi connectivity index (χ2n) is 8.49. The van der Waals surface area contributed by atoms with Gasteiger partial charge < -0.3 is 4.74 Å². The summed E-state index contributed by atoms with van der Waals surface area (Å²) in [6.07, 6.45) is 4.61. The van der Waals surface area contributed by atoms with Crippen molar-refractivity contribution >= 4 is 16.7 Å². The van der Waals surface area contributed by atoms with E-state index in [0.717, 1.165) is 12.8 Å². The molecule has 0 N–H and O–H groups in total. The number of Topliss-reactive ketones (excluding diaryl/α,β-unsaturated/α-hetero) is 1. The zero-order valence-corrected chi connectivity index (χ0v) is 18.2. The number of aromatic nitrogens is 3. The molecule has 168 valence electrons. The van der Waals surface area contributed by atoms with E-state index in [1.165, 1.54) is 28.5 Å². The van der Waals surface area contributed by atoms with Crippen molar-refractivity contribution in [3.63, 3.8) is 0 Å². The van der Waals surface area contributed by atoms with Crippen molar-refractivity contribution in [1.82, 2.24) is 14.1 Å². The highest BCUT2D eigenvalue weighted by molar-refractivity contribution is 5.83. The van der Waals surface area contributed by atoms with E-state index < -0.39 is 5.95 Å². The molecule has 2 aromatic heterocycles. The lowest BCUT2D eigenvalue weighted by atomic mass is 9.79. The molecule has 0 radical (unpaired) electrons. The van der Waals surface area contributed by atoms with Crippen molar-refractivity contribution in [3.05, 3.63) is 68.9 Å². The summed E-state index contributed by atoms with van der Waals surface area (Å²) < 4.78 is 21.0. The number of hydrogen-bond donors (Lipinski definition) is 0. The molecule has 1 aliphatic rings. The van der Waals surface area contributed by atoms with Gasteiger partial charge in [-0.05, 0) is 61.4 Å². The minimum absolute atomic E-state index is 0.0586. The van der Waals surface area contributed by atoms with Gasteiger partial charge in [0.05, 0.1) is 18.0 Å². The van der Waals surface area contributed by atoms with E-state index in [4.69, 9.17) is 4.74 Å². The van der Waals surface area contributed by atoms with Crippen molar-refractivity contribution in [2.75, 3.05) is 7.11 Å². The van der Waals surface area contributed by atoms with Crippen LogP contribution in [0.25, 0.3) is 10.9 Å². The van der Waals surface area contributed by atoms with Gasteiger partial charge in [0.25, 0.3) is 5.56 Å². The van der Waals surface area contributed by atoms with Crippen LogP contribution in [0.3, 0.4) is 0 Å². The molecule has 0 spiro atoms. The fourth-order valence-corrected chi connectivity index (χ4v) is 4.57. The minimum atomic E-state index is -0.560. The zero-order chi connectivity index (χ0) is 22.8. The van der Waals surface area contributed by atoms with Crippen LogP contribution in [0.4, 0.5) is 4.39 Å². The van der Waals surface area contributed by atoms with Gasteiger partial charge in [0.2, 0.25) is 5.95 Å². The summed E-state index contributed by atoms with van der Waals surface area (Å²) >= 11 is 0. The average molecular weight is 439 g/mol. The Morgan fingerprint density at radius 2 is 1.91 bits per heavy atom. The zero-order valence-electron chi connectivity index (χ0n) is 18.2. The number of benzene rings is 1. The van der Waals surface area contributed by atoms with Crippen molar-refractivity contribution in [3.8, 4) is 5.75 Å². The highest BCUT2D eigenvalue weighted by Gasteiger charge is 2.27.